The summed E-state index contributed by atoms with van der Waals surface area (Å²) in [5, 5.41) is 5.70. The first-order valence-corrected chi connectivity index (χ1v) is 11.1. The molecule has 6 heteroatoms. The third kappa shape index (κ3) is 7.12. The Labute approximate surface area is 190 Å². The van der Waals surface area contributed by atoms with Crippen LogP contribution in [0.1, 0.15) is 69.2 Å². The number of rotatable bonds is 6. The molecule has 1 fully saturated rings. The number of hydrogen-bond acceptors (Lipinski definition) is 5. The molecule has 1 aromatic heterocycles. The van der Waals surface area contributed by atoms with Crippen molar-refractivity contribution >= 4 is 18.2 Å². The smallest absolute Gasteiger partial charge is 0.408 e. The topological polar surface area (TPSA) is 80.3 Å². The maximum Gasteiger partial charge on any atom is 0.408 e. The van der Waals surface area contributed by atoms with E-state index in [0.717, 1.165) is 24.1 Å². The molecule has 2 aromatic rings. The molecule has 32 heavy (non-hydrogen) atoms. The highest BCUT2D eigenvalue weighted by Crippen LogP contribution is 2.35. The van der Waals surface area contributed by atoms with E-state index >= 15 is 0 Å². The molecule has 3 rings (SSSR count). The van der Waals surface area contributed by atoms with Gasteiger partial charge in [-0.15, -0.1) is 0 Å². The Morgan fingerprint density at radius 2 is 1.88 bits per heavy atom. The maximum atomic E-state index is 12.0. The summed E-state index contributed by atoms with van der Waals surface area (Å²) in [7, 11) is 0. The number of carbonyl (C=O) groups is 2. The van der Waals surface area contributed by atoms with E-state index < -0.39 is 17.7 Å². The minimum absolute atomic E-state index is 0.198. The number of pyridine rings is 1. The number of aromatic nitrogens is 1. The molecule has 0 spiro atoms. The van der Waals surface area contributed by atoms with E-state index in [1.165, 1.54) is 18.4 Å². The van der Waals surface area contributed by atoms with Crippen LogP contribution < -0.4 is 10.6 Å². The molecule has 1 saturated carbocycles. The monoisotopic (exact) mass is 433 g/mol. The van der Waals surface area contributed by atoms with Crippen molar-refractivity contribution < 1.29 is 14.3 Å². The summed E-state index contributed by atoms with van der Waals surface area (Å²) in [6, 6.07) is 13.1. The summed E-state index contributed by atoms with van der Waals surface area (Å²) < 4.78 is 5.22. The average molecular weight is 434 g/mol. The maximum absolute atomic E-state index is 12.0. The number of nitrogens with one attached hydrogen (secondary N) is 2. The zero-order valence-electron chi connectivity index (χ0n) is 19.0. The lowest BCUT2D eigenvalue weighted by Crippen LogP contribution is -2.43. The third-order valence-corrected chi connectivity index (χ3v) is 5.19. The Kier molecular flexibility index (Phi) is 7.88. The highest BCUT2D eigenvalue weighted by Gasteiger charge is 2.21. The molecule has 1 aliphatic carbocycles. The summed E-state index contributed by atoms with van der Waals surface area (Å²) in [6.07, 6.45) is 4.82. The molecule has 6 nitrogen and oxygen atoms in total. The molecular weight excluding hydrogens is 402 g/mol. The molecule has 0 radical (unpaired) electrons. The van der Waals surface area contributed by atoms with Gasteiger partial charge in [0.2, 0.25) is 0 Å². The van der Waals surface area contributed by atoms with E-state index in [9.17, 15) is 9.59 Å². The van der Waals surface area contributed by atoms with Crippen molar-refractivity contribution in [3.05, 3.63) is 59.3 Å². The second-order valence-electron chi connectivity index (χ2n) is 9.00. The molecular formula is C26H31N3O3. The Morgan fingerprint density at radius 3 is 2.53 bits per heavy atom. The Balaban J connectivity index is 1.73. The summed E-state index contributed by atoms with van der Waals surface area (Å²) >= 11 is 0. The van der Waals surface area contributed by atoms with E-state index in [0.29, 0.717) is 18.0 Å². The Morgan fingerprint density at radius 1 is 1.16 bits per heavy atom. The van der Waals surface area contributed by atoms with E-state index in [1.807, 2.05) is 36.4 Å². The van der Waals surface area contributed by atoms with Gasteiger partial charge < -0.3 is 20.2 Å². The Bertz CT molecular complexity index is 981. The zero-order valence-corrected chi connectivity index (χ0v) is 19.0. The zero-order chi connectivity index (χ0) is 23.0. The first kappa shape index (κ1) is 23.3. The summed E-state index contributed by atoms with van der Waals surface area (Å²) in [6.45, 7) is 5.52. The van der Waals surface area contributed by atoms with E-state index in [-0.39, 0.29) is 6.54 Å². The fourth-order valence-electron chi connectivity index (χ4n) is 3.69. The molecule has 2 N–H and O–H groups in total. The molecule has 1 unspecified atom stereocenters. The molecule has 1 aromatic carbocycles. The van der Waals surface area contributed by atoms with Gasteiger partial charge in [-0.25, -0.2) is 9.78 Å². The largest absolute Gasteiger partial charge is 0.444 e. The van der Waals surface area contributed by atoms with Gasteiger partial charge in [0, 0.05) is 12.1 Å². The van der Waals surface area contributed by atoms with Crippen LogP contribution in [0.3, 0.4) is 0 Å². The van der Waals surface area contributed by atoms with Gasteiger partial charge in [0.25, 0.3) is 0 Å². The second kappa shape index (κ2) is 10.8. The lowest BCUT2D eigenvalue weighted by atomic mass is 9.96. The quantitative estimate of drug-likeness (QED) is 0.512. The van der Waals surface area contributed by atoms with Crippen molar-refractivity contribution in [2.45, 2.75) is 64.0 Å². The van der Waals surface area contributed by atoms with Crippen LogP contribution in [0.25, 0.3) is 0 Å². The van der Waals surface area contributed by atoms with Crippen LogP contribution in [0.5, 0.6) is 0 Å². The first-order valence-electron chi connectivity index (χ1n) is 11.1. The first-order chi connectivity index (χ1) is 15.3. The van der Waals surface area contributed by atoms with Crippen LogP contribution in [0.15, 0.2) is 42.5 Å². The van der Waals surface area contributed by atoms with Crippen molar-refractivity contribution in [2.24, 2.45) is 0 Å². The molecule has 0 saturated heterocycles. The highest BCUT2D eigenvalue weighted by atomic mass is 16.6. The van der Waals surface area contributed by atoms with Crippen molar-refractivity contribution in [2.75, 3.05) is 11.9 Å². The number of benzene rings is 1. The number of alkyl carbamates (subject to hydrolysis) is 1. The average Bonchev–Trinajstić information content (AvgIpc) is 3.29. The molecule has 168 valence electrons. The lowest BCUT2D eigenvalue weighted by Gasteiger charge is -2.21. The normalized spacial score (nSPS) is 14.7. The lowest BCUT2D eigenvalue weighted by molar-refractivity contribution is -0.109. The number of hydrogen-bond donors (Lipinski definition) is 2. The van der Waals surface area contributed by atoms with E-state index in [4.69, 9.17) is 9.72 Å². The number of carbonyl (C=O) groups excluding carboxylic acids is 2. The number of nitrogens with zero attached hydrogens (tertiary/aromatic N) is 1. The number of anilines is 1. The molecule has 1 atom stereocenters. The van der Waals surface area contributed by atoms with Crippen LogP contribution in [-0.2, 0) is 9.53 Å². The van der Waals surface area contributed by atoms with Crippen molar-refractivity contribution in [3.63, 3.8) is 0 Å². The molecule has 1 aliphatic rings. The highest BCUT2D eigenvalue weighted by molar-refractivity contribution is 5.73. The van der Waals surface area contributed by atoms with Gasteiger partial charge in [-0.1, -0.05) is 43.0 Å². The van der Waals surface area contributed by atoms with Gasteiger partial charge in [0.05, 0.1) is 0 Å². The van der Waals surface area contributed by atoms with Crippen molar-refractivity contribution in [1.82, 2.24) is 10.3 Å². The van der Waals surface area contributed by atoms with Gasteiger partial charge in [-0.2, -0.15) is 0 Å². The van der Waals surface area contributed by atoms with Crippen molar-refractivity contribution in [3.8, 4) is 11.8 Å². The number of amides is 1. The van der Waals surface area contributed by atoms with Crippen LogP contribution in [-0.4, -0.2) is 35.6 Å². The third-order valence-electron chi connectivity index (χ3n) is 5.19. The Hall–Kier alpha value is -3.33. The minimum atomic E-state index is -0.736. The SMILES string of the molecule is CC(C)(C)OC(=O)NC(C=O)CNc1ccc(C2CCCC2)c(C#Cc2ccccc2)n1. The number of aldehydes is 1. The summed E-state index contributed by atoms with van der Waals surface area (Å²) in [5.41, 5.74) is 2.24. The molecule has 0 bridgehead atoms. The standard InChI is InChI=1S/C26H31N3O3/c1-26(2,3)32-25(31)28-21(18-30)17-27-24-16-14-22(20-11-7-8-12-20)23(29-24)15-13-19-9-5-4-6-10-19/h4-6,9-10,14,16,18,20-21H,7-8,11-12,17H2,1-3H3,(H,27,29)(H,28,31). The predicted octanol–water partition coefficient (Wildman–Crippen LogP) is 4.64. The van der Waals surface area contributed by atoms with Gasteiger partial charge in [-0.3, -0.25) is 0 Å². The summed E-state index contributed by atoms with van der Waals surface area (Å²) in [5.74, 6) is 7.54. The predicted molar refractivity (Wildman–Crippen MR) is 126 cm³/mol. The summed E-state index contributed by atoms with van der Waals surface area (Å²) in [4.78, 5) is 28.1. The van der Waals surface area contributed by atoms with Crippen molar-refractivity contribution in [1.29, 1.82) is 0 Å². The molecule has 0 aliphatic heterocycles. The van der Waals surface area contributed by atoms with Gasteiger partial charge in [0.1, 0.15) is 29.4 Å². The second-order valence-corrected chi connectivity index (χ2v) is 9.00. The minimum Gasteiger partial charge on any atom is -0.444 e. The van der Waals surface area contributed by atoms with Crippen LogP contribution in [0.4, 0.5) is 10.6 Å². The van der Waals surface area contributed by atoms with E-state index in [1.54, 1.807) is 20.8 Å². The van der Waals surface area contributed by atoms with E-state index in [2.05, 4.69) is 28.5 Å². The van der Waals surface area contributed by atoms with Gasteiger partial charge in [-0.05, 0) is 69.2 Å². The fraction of sp³-hybridized carbons (Fsp3) is 0.423. The van der Waals surface area contributed by atoms with Crippen LogP contribution in [0, 0.1) is 11.8 Å². The molecule has 1 heterocycles. The molecule has 1 amide bonds. The number of ether oxygens (including phenoxy) is 1. The van der Waals surface area contributed by atoms with Gasteiger partial charge >= 0.3 is 6.09 Å². The fourth-order valence-corrected chi connectivity index (χ4v) is 3.69. The van der Waals surface area contributed by atoms with Gasteiger partial charge in [0.15, 0.2) is 0 Å². The van der Waals surface area contributed by atoms with Crippen LogP contribution in [0.2, 0.25) is 0 Å². The van der Waals surface area contributed by atoms with Crippen LogP contribution >= 0.6 is 0 Å².